The molecule has 0 saturated heterocycles. The number of para-hydroxylation sites is 1. The van der Waals surface area contributed by atoms with Crippen molar-refractivity contribution in [3.05, 3.63) is 131 Å². The lowest BCUT2D eigenvalue weighted by atomic mass is 9.82. The Labute approximate surface area is 311 Å². The summed E-state index contributed by atoms with van der Waals surface area (Å²) < 4.78 is 0. The van der Waals surface area contributed by atoms with Crippen LogP contribution in [0.3, 0.4) is 0 Å². The zero-order valence-corrected chi connectivity index (χ0v) is 31.1. The largest absolute Gasteiger partial charge is 0.394 e. The Morgan fingerprint density at radius 2 is 1.79 bits per heavy atom. The summed E-state index contributed by atoms with van der Waals surface area (Å²) in [7, 11) is 0. The molecule has 0 spiro atoms. The molecule has 9 heteroatoms. The van der Waals surface area contributed by atoms with E-state index in [0.29, 0.717) is 29.9 Å². The van der Waals surface area contributed by atoms with Crippen molar-refractivity contribution in [1.29, 1.82) is 0 Å². The van der Waals surface area contributed by atoms with Crippen LogP contribution < -0.4 is 10.2 Å². The summed E-state index contributed by atoms with van der Waals surface area (Å²) in [6, 6.07) is 20.7. The molecule has 0 fully saturated rings. The van der Waals surface area contributed by atoms with E-state index in [-0.39, 0.29) is 43.8 Å². The minimum Gasteiger partial charge on any atom is -0.394 e. The summed E-state index contributed by atoms with van der Waals surface area (Å²) >= 11 is 0. The third kappa shape index (κ3) is 8.06. The number of aliphatic hydroxyl groups is 2. The van der Waals surface area contributed by atoms with Gasteiger partial charge in [-0.3, -0.25) is 14.4 Å². The minimum atomic E-state index is -1.94. The minimum absolute atomic E-state index is 0.0569. The summed E-state index contributed by atoms with van der Waals surface area (Å²) in [6.45, 7) is 8.53. The molecule has 0 radical (unpaired) electrons. The maximum atomic E-state index is 14.3. The van der Waals surface area contributed by atoms with Gasteiger partial charge in [0.15, 0.2) is 5.60 Å². The van der Waals surface area contributed by atoms with Crippen molar-refractivity contribution < 1.29 is 24.6 Å². The predicted octanol–water partition coefficient (Wildman–Crippen LogP) is 7.10. The fourth-order valence-electron chi connectivity index (χ4n) is 7.47. The number of nitrogens with zero attached hydrogens (tertiary/aromatic N) is 2. The molecule has 0 aliphatic carbocycles. The van der Waals surface area contributed by atoms with E-state index in [1.54, 1.807) is 47.1 Å². The molecule has 3 aromatic carbocycles. The van der Waals surface area contributed by atoms with Gasteiger partial charge in [-0.05, 0) is 81.0 Å². The number of amides is 3. The van der Waals surface area contributed by atoms with Crippen LogP contribution in [-0.2, 0) is 39.4 Å². The topological polar surface area (TPSA) is 126 Å². The SMILES string of the molecule is CC(C)=CCC/C(C)=C/CN1C(=O)[C@@](O)([C@@H](C)/C=C/CC(=O)N2Cc3ccccc3C[C@H]2CO)c2cc(NC(=O)Cc3c[nH]c4ccccc34)ccc21. The molecule has 9 nitrogen and oxygen atoms in total. The third-order valence-electron chi connectivity index (χ3n) is 10.6. The van der Waals surface area contributed by atoms with Crippen molar-refractivity contribution >= 4 is 40.0 Å². The highest BCUT2D eigenvalue weighted by atomic mass is 16.3. The number of H-pyrrole nitrogens is 1. The molecule has 4 N–H and O–H groups in total. The highest BCUT2D eigenvalue weighted by molar-refractivity contribution is 6.08. The average molecular weight is 715 g/mol. The monoisotopic (exact) mass is 714 g/mol. The number of benzene rings is 3. The normalized spacial score (nSPS) is 19.0. The summed E-state index contributed by atoms with van der Waals surface area (Å²) in [6.07, 6.45) is 12.0. The molecule has 4 aromatic rings. The fourth-order valence-corrected chi connectivity index (χ4v) is 7.47. The van der Waals surface area contributed by atoms with Crippen LogP contribution >= 0.6 is 0 Å². The van der Waals surface area contributed by atoms with Gasteiger partial charge in [-0.2, -0.15) is 0 Å². The van der Waals surface area contributed by atoms with Crippen LogP contribution in [0.15, 0.2) is 108 Å². The van der Waals surface area contributed by atoms with Crippen molar-refractivity contribution in [1.82, 2.24) is 9.88 Å². The van der Waals surface area contributed by atoms with Crippen LogP contribution in [0.1, 0.15) is 69.2 Å². The zero-order chi connectivity index (χ0) is 37.7. The van der Waals surface area contributed by atoms with Crippen molar-refractivity contribution in [2.75, 3.05) is 23.4 Å². The fraction of sp³-hybridized carbons (Fsp3) is 0.341. The van der Waals surface area contributed by atoms with E-state index in [1.807, 2.05) is 67.7 Å². The van der Waals surface area contributed by atoms with Crippen LogP contribution in [0.2, 0.25) is 0 Å². The molecule has 3 atom stereocenters. The summed E-state index contributed by atoms with van der Waals surface area (Å²) in [5, 5.41) is 26.4. The highest BCUT2D eigenvalue weighted by Crippen LogP contribution is 2.46. The van der Waals surface area contributed by atoms with E-state index >= 15 is 0 Å². The second-order valence-corrected chi connectivity index (χ2v) is 14.6. The molecule has 6 rings (SSSR count). The second-order valence-electron chi connectivity index (χ2n) is 14.6. The highest BCUT2D eigenvalue weighted by Gasteiger charge is 2.52. The molecule has 0 unspecified atom stereocenters. The first kappa shape index (κ1) is 37.5. The van der Waals surface area contributed by atoms with Gasteiger partial charge >= 0.3 is 0 Å². The lowest BCUT2D eigenvalue weighted by Crippen LogP contribution is -2.46. The van der Waals surface area contributed by atoms with Crippen molar-refractivity contribution in [3.8, 4) is 0 Å². The number of aromatic amines is 1. The number of aromatic nitrogens is 1. The molecule has 0 saturated carbocycles. The van der Waals surface area contributed by atoms with Crippen LogP contribution in [0.25, 0.3) is 10.9 Å². The number of anilines is 2. The number of nitrogens with one attached hydrogen (secondary N) is 2. The number of hydrogen-bond acceptors (Lipinski definition) is 5. The first-order chi connectivity index (χ1) is 25.5. The van der Waals surface area contributed by atoms with Gasteiger partial charge in [-0.15, -0.1) is 0 Å². The molecule has 2 aliphatic rings. The van der Waals surface area contributed by atoms with Crippen LogP contribution in [0, 0.1) is 5.92 Å². The predicted molar refractivity (Wildman–Crippen MR) is 210 cm³/mol. The Balaban J connectivity index is 1.22. The molecule has 0 bridgehead atoms. The van der Waals surface area contributed by atoms with Crippen molar-refractivity contribution in [2.45, 2.75) is 78.0 Å². The number of fused-ring (bicyclic) bond motifs is 3. The number of rotatable bonds is 13. The number of aliphatic hydroxyl groups excluding tert-OH is 1. The smallest absolute Gasteiger partial charge is 0.264 e. The number of allylic oxidation sites excluding steroid dienone is 3. The van der Waals surface area contributed by atoms with E-state index in [2.05, 4.69) is 30.2 Å². The van der Waals surface area contributed by atoms with Crippen LogP contribution in [0.4, 0.5) is 11.4 Å². The Morgan fingerprint density at radius 1 is 1.04 bits per heavy atom. The first-order valence-electron chi connectivity index (χ1n) is 18.5. The third-order valence-corrected chi connectivity index (χ3v) is 10.6. The van der Waals surface area contributed by atoms with E-state index in [9.17, 15) is 24.6 Å². The number of carbonyl (C=O) groups is 3. The standard InChI is InChI=1S/C44H50N4O5/c1-29(2)11-9-12-30(3)21-22-47-40-20-19-35(46-41(50)24-34-26-45-39-17-8-7-16-37(34)39)25-38(40)44(53,43(47)52)31(4)13-10-18-42(51)48-27-33-15-6-5-14-32(33)23-36(48)28-49/h5-8,10-11,13-17,19-21,25-26,31,36,45,49,53H,9,12,18,22-24,27-28H2,1-4H3,(H,46,50)/b13-10+,30-21+/t31-,36-,44+/m0/s1. The molecule has 276 valence electrons. The lowest BCUT2D eigenvalue weighted by Gasteiger charge is -2.36. The van der Waals surface area contributed by atoms with Gasteiger partial charge in [0.25, 0.3) is 5.91 Å². The Bertz CT molecular complexity index is 2090. The first-order valence-corrected chi connectivity index (χ1v) is 18.5. The average Bonchev–Trinajstić information content (AvgIpc) is 3.65. The maximum Gasteiger partial charge on any atom is 0.264 e. The quantitative estimate of drug-likeness (QED) is 0.110. The van der Waals surface area contributed by atoms with E-state index < -0.39 is 17.4 Å². The van der Waals surface area contributed by atoms with Crippen LogP contribution in [-0.4, -0.2) is 57.0 Å². The van der Waals surface area contributed by atoms with Crippen molar-refractivity contribution in [3.63, 3.8) is 0 Å². The van der Waals surface area contributed by atoms with E-state index in [4.69, 9.17) is 0 Å². The molecule has 2 aliphatic heterocycles. The summed E-state index contributed by atoms with van der Waals surface area (Å²) in [5.41, 5.74) is 5.94. The zero-order valence-electron chi connectivity index (χ0n) is 31.1. The van der Waals surface area contributed by atoms with E-state index in [0.717, 1.165) is 46.0 Å². The van der Waals surface area contributed by atoms with Crippen molar-refractivity contribution in [2.24, 2.45) is 5.92 Å². The van der Waals surface area contributed by atoms with Gasteiger partial charge in [-0.1, -0.05) is 84.8 Å². The second kappa shape index (κ2) is 16.2. The van der Waals surface area contributed by atoms with Gasteiger partial charge in [0, 0.05) is 53.8 Å². The Morgan fingerprint density at radius 3 is 2.57 bits per heavy atom. The van der Waals surface area contributed by atoms with Gasteiger partial charge in [-0.25, -0.2) is 0 Å². The van der Waals surface area contributed by atoms with Crippen LogP contribution in [0.5, 0.6) is 0 Å². The number of hydrogen-bond donors (Lipinski definition) is 4. The van der Waals surface area contributed by atoms with E-state index in [1.165, 1.54) is 5.57 Å². The number of carbonyl (C=O) groups excluding carboxylic acids is 3. The summed E-state index contributed by atoms with van der Waals surface area (Å²) in [4.78, 5) is 47.5. The van der Waals surface area contributed by atoms with Gasteiger partial charge in [0.05, 0.1) is 24.8 Å². The molecular formula is C44H50N4O5. The van der Waals surface area contributed by atoms with Gasteiger partial charge in [0.1, 0.15) is 0 Å². The maximum absolute atomic E-state index is 14.3. The Hall–Kier alpha value is -5.25. The van der Waals surface area contributed by atoms with Gasteiger partial charge < -0.3 is 30.3 Å². The summed E-state index contributed by atoms with van der Waals surface area (Å²) in [5.74, 6) is -1.52. The molecule has 3 heterocycles. The lowest BCUT2D eigenvalue weighted by molar-refractivity contribution is -0.139. The Kier molecular flexibility index (Phi) is 11.5. The molecule has 1 aromatic heterocycles. The van der Waals surface area contributed by atoms with Gasteiger partial charge in [0.2, 0.25) is 11.8 Å². The molecule has 53 heavy (non-hydrogen) atoms. The molecular weight excluding hydrogens is 665 g/mol. The molecule has 3 amide bonds.